The number of rotatable bonds is 10. The Morgan fingerprint density at radius 1 is 0.337 bits per heavy atom. The topological polar surface area (TPSA) is 16.4 Å². The fraction of sp³-hybridized carbons (Fsp3) is 0.0617. The van der Waals surface area contributed by atoms with Crippen molar-refractivity contribution < 1.29 is 4.42 Å². The Morgan fingerprint density at radius 3 is 1.53 bits per heavy atom. The molecule has 0 fully saturated rings. The standard InChI is InChI=1S/C81H59NO/c1-80(2,3)59-46-43-54(44-47-59)58-51-69(55-25-8-4-9-26-55)79(70(52-58)56-27-10-5-11-28-56)82(62-48-49-73-71(53-62)65-36-20-22-40-72(65)81(73,60-30-12-6-13-31-60)61-32-14-7-15-33-61)74-50-45-57-29-16-17-34-63(57)77(74)66-37-19-18-35-64(66)67-39-24-42-76-78(67)68-38-21-23-41-75(68)83-76/h4-53H,1-3H3. The van der Waals surface area contributed by atoms with E-state index in [1.165, 1.54) is 44.5 Å². The molecule has 0 N–H and O–H groups in total. The molecule has 0 saturated heterocycles. The molecule has 0 saturated carbocycles. The highest BCUT2D eigenvalue weighted by atomic mass is 16.3. The number of fused-ring (bicyclic) bond motifs is 7. The predicted octanol–water partition coefficient (Wildman–Crippen LogP) is 22.2. The van der Waals surface area contributed by atoms with Crippen LogP contribution in [0.5, 0.6) is 0 Å². The molecular weight excluding hydrogens is 1000 g/mol. The average Bonchev–Trinajstić information content (AvgIpc) is 2.90. The van der Waals surface area contributed by atoms with Gasteiger partial charge in [0, 0.05) is 33.2 Å². The maximum Gasteiger partial charge on any atom is 0.136 e. The van der Waals surface area contributed by atoms with Crippen LogP contribution in [0.15, 0.2) is 308 Å². The maximum atomic E-state index is 6.60. The highest BCUT2D eigenvalue weighted by Crippen LogP contribution is 2.59. The van der Waals surface area contributed by atoms with Crippen LogP contribution in [-0.2, 0) is 10.8 Å². The van der Waals surface area contributed by atoms with Gasteiger partial charge in [-0.15, -0.1) is 0 Å². The van der Waals surface area contributed by atoms with E-state index < -0.39 is 5.41 Å². The Kier molecular flexibility index (Phi) is 12.0. The van der Waals surface area contributed by atoms with Crippen LogP contribution in [0, 0.1) is 0 Å². The molecule has 0 unspecified atom stereocenters. The minimum absolute atomic E-state index is 0.0144. The van der Waals surface area contributed by atoms with Gasteiger partial charge in [0.15, 0.2) is 0 Å². The molecule has 0 bridgehead atoms. The Hall–Kier alpha value is -10.3. The van der Waals surface area contributed by atoms with E-state index in [-0.39, 0.29) is 5.41 Å². The lowest BCUT2D eigenvalue weighted by Gasteiger charge is -2.35. The molecule has 0 aliphatic heterocycles. The highest BCUT2D eigenvalue weighted by molar-refractivity contribution is 6.16. The number of hydrogen-bond acceptors (Lipinski definition) is 2. The molecule has 0 atom stereocenters. The van der Waals surface area contributed by atoms with Crippen molar-refractivity contribution >= 4 is 49.8 Å². The van der Waals surface area contributed by atoms with Crippen LogP contribution in [0.25, 0.3) is 99.5 Å². The summed E-state index contributed by atoms with van der Waals surface area (Å²) in [7, 11) is 0. The monoisotopic (exact) mass is 1060 g/mol. The van der Waals surface area contributed by atoms with E-state index in [0.717, 1.165) is 99.8 Å². The zero-order chi connectivity index (χ0) is 55.7. The van der Waals surface area contributed by atoms with E-state index in [2.05, 4.69) is 329 Å². The third-order valence-electron chi connectivity index (χ3n) is 17.3. The van der Waals surface area contributed by atoms with Crippen molar-refractivity contribution in [1.82, 2.24) is 0 Å². The molecule has 0 spiro atoms. The summed E-state index contributed by atoms with van der Waals surface area (Å²) in [4.78, 5) is 2.61. The van der Waals surface area contributed by atoms with Gasteiger partial charge in [0.25, 0.3) is 0 Å². The molecule has 2 nitrogen and oxygen atoms in total. The van der Waals surface area contributed by atoms with Gasteiger partial charge in [0.05, 0.1) is 16.8 Å². The summed E-state index contributed by atoms with van der Waals surface area (Å²) < 4.78 is 6.60. The maximum absolute atomic E-state index is 6.60. The van der Waals surface area contributed by atoms with Crippen LogP contribution in [0.1, 0.15) is 48.6 Å². The van der Waals surface area contributed by atoms with Gasteiger partial charge in [-0.1, -0.05) is 282 Å². The average molecular weight is 1060 g/mol. The summed E-state index contributed by atoms with van der Waals surface area (Å²) in [5, 5.41) is 4.52. The van der Waals surface area contributed by atoms with Crippen LogP contribution < -0.4 is 4.90 Å². The third-order valence-corrected chi connectivity index (χ3v) is 17.3. The molecule has 0 amide bonds. The van der Waals surface area contributed by atoms with Crippen molar-refractivity contribution in [2.24, 2.45) is 0 Å². The van der Waals surface area contributed by atoms with E-state index >= 15 is 0 Å². The first-order valence-corrected chi connectivity index (χ1v) is 28.9. The molecule has 15 rings (SSSR count). The van der Waals surface area contributed by atoms with Gasteiger partial charge in [0.2, 0.25) is 0 Å². The van der Waals surface area contributed by atoms with Gasteiger partial charge >= 0.3 is 0 Å². The van der Waals surface area contributed by atoms with Crippen molar-refractivity contribution in [3.05, 3.63) is 331 Å². The van der Waals surface area contributed by atoms with E-state index in [1.54, 1.807) is 0 Å². The van der Waals surface area contributed by atoms with Crippen LogP contribution in [0.2, 0.25) is 0 Å². The van der Waals surface area contributed by atoms with Gasteiger partial charge in [-0.05, 0) is 137 Å². The Labute approximate surface area is 485 Å². The fourth-order valence-electron chi connectivity index (χ4n) is 13.5. The lowest BCUT2D eigenvalue weighted by Crippen LogP contribution is -2.28. The highest BCUT2D eigenvalue weighted by Gasteiger charge is 2.46. The van der Waals surface area contributed by atoms with E-state index in [0.29, 0.717) is 0 Å². The van der Waals surface area contributed by atoms with Gasteiger partial charge < -0.3 is 9.32 Å². The molecule has 2 heteroatoms. The number of furan rings is 1. The van der Waals surface area contributed by atoms with Crippen molar-refractivity contribution in [2.75, 3.05) is 4.90 Å². The molecule has 1 heterocycles. The van der Waals surface area contributed by atoms with Crippen molar-refractivity contribution in [2.45, 2.75) is 31.6 Å². The molecule has 1 aliphatic rings. The zero-order valence-corrected chi connectivity index (χ0v) is 46.7. The molecule has 13 aromatic carbocycles. The summed E-state index contributed by atoms with van der Waals surface area (Å²) >= 11 is 0. The Balaban J connectivity index is 1.09. The minimum Gasteiger partial charge on any atom is -0.456 e. The first-order valence-electron chi connectivity index (χ1n) is 28.9. The molecule has 14 aromatic rings. The Morgan fingerprint density at radius 2 is 0.867 bits per heavy atom. The van der Waals surface area contributed by atoms with E-state index in [4.69, 9.17) is 4.42 Å². The molecule has 1 aromatic heterocycles. The first kappa shape index (κ1) is 49.7. The van der Waals surface area contributed by atoms with Crippen molar-refractivity contribution in [3.63, 3.8) is 0 Å². The van der Waals surface area contributed by atoms with Gasteiger partial charge in [-0.3, -0.25) is 0 Å². The van der Waals surface area contributed by atoms with Gasteiger partial charge in [-0.25, -0.2) is 0 Å². The first-order chi connectivity index (χ1) is 40.8. The van der Waals surface area contributed by atoms with Gasteiger partial charge in [0.1, 0.15) is 11.2 Å². The van der Waals surface area contributed by atoms with Crippen LogP contribution in [0.4, 0.5) is 17.1 Å². The SMILES string of the molecule is CC(C)(C)c1ccc(-c2cc(-c3ccccc3)c(N(c3ccc4c(c3)-c3ccccc3C4(c3ccccc3)c3ccccc3)c3ccc4ccccc4c3-c3ccccc3-c3cccc4oc5ccccc5c34)c(-c3ccccc3)c2)cc1. The summed E-state index contributed by atoms with van der Waals surface area (Å²) in [5.41, 5.74) is 24.4. The number of para-hydroxylation sites is 1. The van der Waals surface area contributed by atoms with E-state index in [9.17, 15) is 0 Å². The van der Waals surface area contributed by atoms with E-state index in [1.807, 2.05) is 0 Å². The normalized spacial score (nSPS) is 12.6. The summed E-state index contributed by atoms with van der Waals surface area (Å²) in [6.45, 7) is 6.85. The van der Waals surface area contributed by atoms with Crippen LogP contribution >= 0.6 is 0 Å². The Bertz CT molecular complexity index is 4640. The van der Waals surface area contributed by atoms with Crippen molar-refractivity contribution in [3.8, 4) is 66.8 Å². The number of benzene rings is 13. The number of anilines is 3. The van der Waals surface area contributed by atoms with Crippen LogP contribution in [0.3, 0.4) is 0 Å². The third kappa shape index (κ3) is 8.24. The summed E-state index contributed by atoms with van der Waals surface area (Å²) in [6.07, 6.45) is 0. The second kappa shape index (κ2) is 20.1. The molecule has 0 radical (unpaired) electrons. The summed E-state index contributed by atoms with van der Waals surface area (Å²) in [6, 6.07) is 112. The number of nitrogens with zero attached hydrogens (tertiary/aromatic N) is 1. The van der Waals surface area contributed by atoms with Crippen molar-refractivity contribution in [1.29, 1.82) is 0 Å². The minimum atomic E-state index is -0.572. The quantitative estimate of drug-likeness (QED) is 0.136. The fourth-order valence-corrected chi connectivity index (χ4v) is 13.5. The molecule has 83 heavy (non-hydrogen) atoms. The second-order valence-corrected chi connectivity index (χ2v) is 23.1. The molecular formula is C81H59NO. The largest absolute Gasteiger partial charge is 0.456 e. The lowest BCUT2D eigenvalue weighted by molar-refractivity contribution is 0.590. The predicted molar refractivity (Wildman–Crippen MR) is 349 cm³/mol. The summed E-state index contributed by atoms with van der Waals surface area (Å²) in [5.74, 6) is 0. The smallest absolute Gasteiger partial charge is 0.136 e. The molecule has 394 valence electrons. The lowest BCUT2D eigenvalue weighted by atomic mass is 9.68. The second-order valence-electron chi connectivity index (χ2n) is 23.1. The number of hydrogen-bond donors (Lipinski definition) is 0. The zero-order valence-electron chi connectivity index (χ0n) is 46.7. The van der Waals surface area contributed by atoms with Gasteiger partial charge in [-0.2, -0.15) is 0 Å². The van der Waals surface area contributed by atoms with Crippen LogP contribution in [-0.4, -0.2) is 0 Å². The molecule has 1 aliphatic carbocycles.